The summed E-state index contributed by atoms with van der Waals surface area (Å²) in [4.78, 5) is 27.9. The third-order valence-electron chi connectivity index (χ3n) is 5.62. The van der Waals surface area contributed by atoms with Gasteiger partial charge in [0, 0.05) is 47.4 Å². The van der Waals surface area contributed by atoms with Crippen LogP contribution in [0.2, 0.25) is 0 Å². The number of anilines is 1. The molecule has 0 fully saturated rings. The number of nitrogens with one attached hydrogen (secondary N) is 1. The van der Waals surface area contributed by atoms with Crippen molar-refractivity contribution in [3.05, 3.63) is 75.6 Å². The normalized spacial score (nSPS) is 12.3. The van der Waals surface area contributed by atoms with E-state index in [1.807, 2.05) is 6.92 Å². The first-order valence-corrected chi connectivity index (χ1v) is 12.7. The molecule has 3 aromatic rings. The second-order valence-corrected chi connectivity index (χ2v) is 9.08. The number of carboxylic acid groups (broad SMARTS) is 1. The molecule has 0 radical (unpaired) electrons. The molecule has 2 N–H and O–H groups in total. The maximum atomic E-state index is 15.4. The van der Waals surface area contributed by atoms with Crippen molar-refractivity contribution in [3.63, 3.8) is 0 Å². The fourth-order valence-corrected chi connectivity index (χ4v) is 4.24. The average molecular weight is 565 g/mol. The summed E-state index contributed by atoms with van der Waals surface area (Å²) in [7, 11) is 2.51. The van der Waals surface area contributed by atoms with Gasteiger partial charge in [0.2, 0.25) is 5.76 Å². The number of unbranched alkanes of at least 4 members (excludes halogenated alkanes) is 1. The van der Waals surface area contributed by atoms with Gasteiger partial charge in [0.15, 0.2) is 5.13 Å². The van der Waals surface area contributed by atoms with Crippen molar-refractivity contribution >= 4 is 34.4 Å². The van der Waals surface area contributed by atoms with E-state index in [1.165, 1.54) is 18.6 Å². The summed E-state index contributed by atoms with van der Waals surface area (Å²) in [6.07, 6.45) is 1.90. The summed E-state index contributed by atoms with van der Waals surface area (Å²) < 4.78 is 60.0. The van der Waals surface area contributed by atoms with Gasteiger partial charge in [-0.2, -0.15) is 0 Å². The van der Waals surface area contributed by atoms with Gasteiger partial charge in [0.25, 0.3) is 5.91 Å². The minimum atomic E-state index is -1.52. The lowest BCUT2D eigenvalue weighted by Crippen LogP contribution is -2.13. The Hall–Kier alpha value is -3.74. The van der Waals surface area contributed by atoms with E-state index in [0.717, 1.165) is 43.4 Å². The van der Waals surface area contributed by atoms with Crippen molar-refractivity contribution in [2.45, 2.75) is 25.9 Å². The number of nitrogens with zero attached hydrogens (tertiary/aromatic N) is 1. The van der Waals surface area contributed by atoms with Crippen molar-refractivity contribution in [2.75, 3.05) is 32.8 Å². The summed E-state index contributed by atoms with van der Waals surface area (Å²) in [5.74, 6) is -5.94. The lowest BCUT2D eigenvalue weighted by Gasteiger charge is -2.17. The molecule has 0 aliphatic heterocycles. The molecule has 0 aliphatic rings. The van der Waals surface area contributed by atoms with Gasteiger partial charge < -0.3 is 19.3 Å². The second-order valence-electron chi connectivity index (χ2n) is 8.23. The highest BCUT2D eigenvalue weighted by atomic mass is 32.1. The topological polar surface area (TPSA) is 107 Å². The number of ether oxygens (including phenoxy) is 3. The first kappa shape index (κ1) is 29.8. The van der Waals surface area contributed by atoms with E-state index in [9.17, 15) is 18.4 Å². The van der Waals surface area contributed by atoms with Crippen LogP contribution < -0.4 is 5.32 Å². The van der Waals surface area contributed by atoms with E-state index >= 15 is 4.39 Å². The molecule has 0 bridgehead atoms. The number of carbonyl (C=O) groups is 2. The van der Waals surface area contributed by atoms with Crippen LogP contribution >= 0.6 is 11.3 Å². The maximum Gasteiger partial charge on any atom is 0.371 e. The number of methoxy groups -OCH3 is 2. The van der Waals surface area contributed by atoms with Crippen LogP contribution in [0.4, 0.5) is 18.3 Å². The summed E-state index contributed by atoms with van der Waals surface area (Å²) in [5.41, 5.74) is -0.324. The summed E-state index contributed by atoms with van der Waals surface area (Å²) >= 11 is 0.997. The molecule has 1 atom stereocenters. The molecule has 2 aromatic carbocycles. The van der Waals surface area contributed by atoms with Crippen molar-refractivity contribution in [1.82, 2.24) is 4.98 Å². The molecule has 12 heteroatoms. The molecule has 0 saturated heterocycles. The highest BCUT2D eigenvalue weighted by Gasteiger charge is 2.21. The Kier molecular flexibility index (Phi) is 10.6. The number of hydrogen-bond donors (Lipinski definition) is 2. The number of carbonyl (C=O) groups excluding carboxylic acids is 1. The Balaban J connectivity index is 1.79. The highest BCUT2D eigenvalue weighted by Crippen LogP contribution is 2.32. The molecule has 39 heavy (non-hydrogen) atoms. The monoisotopic (exact) mass is 564 g/mol. The molecule has 208 valence electrons. The van der Waals surface area contributed by atoms with Crippen LogP contribution in [-0.4, -0.2) is 49.4 Å². The summed E-state index contributed by atoms with van der Waals surface area (Å²) in [5, 5.41) is 13.0. The molecule has 0 aliphatic carbocycles. The minimum Gasteiger partial charge on any atom is -0.490 e. The van der Waals surface area contributed by atoms with Gasteiger partial charge in [-0.3, -0.25) is 10.1 Å². The first-order chi connectivity index (χ1) is 18.7. The molecular weight excluding hydrogens is 537 g/mol. The Labute approximate surface area is 227 Å². The van der Waals surface area contributed by atoms with Crippen molar-refractivity contribution in [2.24, 2.45) is 0 Å². The van der Waals surface area contributed by atoms with Gasteiger partial charge in [-0.15, -0.1) is 11.3 Å². The quantitative estimate of drug-likeness (QED) is 0.148. The van der Waals surface area contributed by atoms with Gasteiger partial charge >= 0.3 is 5.97 Å². The van der Waals surface area contributed by atoms with Gasteiger partial charge in [0.1, 0.15) is 23.6 Å². The van der Waals surface area contributed by atoms with E-state index in [1.54, 1.807) is 12.1 Å². The number of rotatable bonds is 13. The van der Waals surface area contributed by atoms with Crippen molar-refractivity contribution in [1.29, 1.82) is 0 Å². The minimum absolute atomic E-state index is 0.0725. The summed E-state index contributed by atoms with van der Waals surface area (Å²) in [6, 6.07) is 6.30. The van der Waals surface area contributed by atoms with E-state index in [-0.39, 0.29) is 28.6 Å². The van der Waals surface area contributed by atoms with Gasteiger partial charge in [-0.25, -0.2) is 22.9 Å². The predicted octanol–water partition coefficient (Wildman–Crippen LogP) is 6.06. The van der Waals surface area contributed by atoms with Crippen molar-refractivity contribution < 1.29 is 42.1 Å². The van der Waals surface area contributed by atoms with Crippen LogP contribution in [0.25, 0.3) is 17.3 Å². The van der Waals surface area contributed by atoms with Gasteiger partial charge in [0.05, 0.1) is 19.4 Å². The van der Waals surface area contributed by atoms with Crippen LogP contribution in [0.3, 0.4) is 0 Å². The van der Waals surface area contributed by atoms with Crippen LogP contribution in [0.1, 0.15) is 47.4 Å². The number of hydrogen-bond acceptors (Lipinski definition) is 7. The fourth-order valence-electron chi connectivity index (χ4n) is 3.53. The molecule has 1 aromatic heterocycles. The number of aliphatic carboxylic acids is 1. The zero-order valence-electron chi connectivity index (χ0n) is 21.4. The third-order valence-corrected chi connectivity index (χ3v) is 6.38. The second kappa shape index (κ2) is 13.9. The number of amides is 1. The molecule has 0 spiro atoms. The third kappa shape index (κ3) is 7.43. The Morgan fingerprint density at radius 3 is 2.51 bits per heavy atom. The molecule has 1 amide bonds. The Morgan fingerprint density at radius 2 is 1.90 bits per heavy atom. The van der Waals surface area contributed by atoms with E-state index in [2.05, 4.69) is 15.0 Å². The van der Waals surface area contributed by atoms with Crippen LogP contribution in [0.5, 0.6) is 0 Å². The van der Waals surface area contributed by atoms with Gasteiger partial charge in [-0.05, 0) is 24.6 Å². The van der Waals surface area contributed by atoms with Crippen LogP contribution in [0, 0.1) is 17.5 Å². The zero-order valence-corrected chi connectivity index (χ0v) is 22.2. The average Bonchev–Trinajstić information content (AvgIpc) is 3.36. The Bertz CT molecular complexity index is 1340. The van der Waals surface area contributed by atoms with Crippen LogP contribution in [0.15, 0.2) is 41.5 Å². The number of thiazole rings is 1. The van der Waals surface area contributed by atoms with Crippen LogP contribution in [-0.2, 0) is 19.0 Å². The fraction of sp³-hybridized carbons (Fsp3) is 0.296. The molecule has 1 unspecified atom stereocenters. The largest absolute Gasteiger partial charge is 0.490 e. The number of halogens is 3. The molecule has 0 saturated carbocycles. The van der Waals surface area contributed by atoms with Crippen molar-refractivity contribution in [3.8, 4) is 11.3 Å². The standard InChI is InChI=1S/C27H27F3N2O6S/c1-4-5-9-38-13-23(37-3)17-8-6-7-16(24(17)30)21-14-39-27(31-21)32-25(33)15-10-19(28)18(20(29)11-15)12-22(36-2)26(34)35/h6-8,10-12,14,23H,4-5,9,13H2,1-3H3,(H,34,35)(H,31,32,33). The number of benzene rings is 2. The smallest absolute Gasteiger partial charge is 0.371 e. The number of aromatic nitrogens is 1. The molecule has 3 rings (SSSR count). The molecule has 8 nitrogen and oxygen atoms in total. The maximum absolute atomic E-state index is 15.4. The SMILES string of the molecule is CCCCOCC(OC)c1cccc(-c2csc(NC(=O)c3cc(F)c(C=C(OC)C(=O)O)c(F)c3)n2)c1F. The lowest BCUT2D eigenvalue weighted by atomic mass is 10.0. The van der Waals surface area contributed by atoms with E-state index in [4.69, 9.17) is 14.6 Å². The number of carboxylic acids is 1. The predicted molar refractivity (Wildman–Crippen MR) is 140 cm³/mol. The Morgan fingerprint density at radius 1 is 1.18 bits per heavy atom. The lowest BCUT2D eigenvalue weighted by molar-refractivity contribution is -0.135. The van der Waals surface area contributed by atoms with Gasteiger partial charge in [-0.1, -0.05) is 25.5 Å². The highest BCUT2D eigenvalue weighted by molar-refractivity contribution is 7.14. The molecule has 1 heterocycles. The molecular formula is C27H27F3N2O6S. The first-order valence-electron chi connectivity index (χ1n) is 11.8. The van der Waals surface area contributed by atoms with E-state index < -0.39 is 46.8 Å². The van der Waals surface area contributed by atoms with E-state index in [0.29, 0.717) is 18.2 Å². The summed E-state index contributed by atoms with van der Waals surface area (Å²) in [6.45, 7) is 2.76. The zero-order chi connectivity index (χ0) is 28.5.